The highest BCUT2D eigenvalue weighted by atomic mass is 32.2. The second-order valence-electron chi connectivity index (χ2n) is 4.53. The predicted molar refractivity (Wildman–Crippen MR) is 90.0 cm³/mol. The highest BCUT2D eigenvalue weighted by Crippen LogP contribution is 2.19. The molecule has 2 aromatic rings. The van der Waals surface area contributed by atoms with Crippen LogP contribution in [0.4, 0.5) is 11.5 Å². The van der Waals surface area contributed by atoms with E-state index >= 15 is 0 Å². The van der Waals surface area contributed by atoms with Crippen molar-refractivity contribution in [1.29, 1.82) is 0 Å². The molecule has 0 aliphatic heterocycles. The molecule has 7 nitrogen and oxygen atoms in total. The normalized spacial score (nSPS) is 10.2. The first-order valence-electron chi connectivity index (χ1n) is 6.92. The molecule has 0 saturated carbocycles. The van der Waals surface area contributed by atoms with Crippen molar-refractivity contribution in [2.45, 2.75) is 19.0 Å². The first-order chi connectivity index (χ1) is 11.0. The summed E-state index contributed by atoms with van der Waals surface area (Å²) in [5.41, 5.74) is -0.217. The first kappa shape index (κ1) is 16.8. The van der Waals surface area contributed by atoms with E-state index in [-0.39, 0.29) is 17.4 Å². The van der Waals surface area contributed by atoms with Gasteiger partial charge in [0.05, 0.1) is 0 Å². The lowest BCUT2D eigenvalue weighted by molar-refractivity contribution is -0.114. The molecule has 0 saturated heterocycles. The molecule has 23 heavy (non-hydrogen) atoms. The lowest BCUT2D eigenvalue weighted by Crippen LogP contribution is -2.24. The maximum absolute atomic E-state index is 12.2. The number of aromatic amines is 1. The zero-order valence-corrected chi connectivity index (χ0v) is 13.5. The molecule has 2 rings (SSSR count). The molecule has 120 valence electrons. The van der Waals surface area contributed by atoms with Crippen LogP contribution in [-0.4, -0.2) is 27.5 Å². The molecule has 1 heterocycles. The molecule has 0 spiro atoms. The van der Waals surface area contributed by atoms with Gasteiger partial charge in [0.15, 0.2) is 16.7 Å². The molecule has 0 aliphatic carbocycles. The average molecular weight is 332 g/mol. The highest BCUT2D eigenvalue weighted by molar-refractivity contribution is 7.99. The monoisotopic (exact) mass is 332 g/mol. The van der Waals surface area contributed by atoms with Crippen LogP contribution in [-0.2, 0) is 4.79 Å². The summed E-state index contributed by atoms with van der Waals surface area (Å²) >= 11 is 1.32. The number of amides is 2. The lowest BCUT2D eigenvalue weighted by Gasteiger charge is -2.11. The zero-order chi connectivity index (χ0) is 16.8. The molecular weight excluding hydrogens is 316 g/mol. The fourth-order valence-corrected chi connectivity index (χ4v) is 2.40. The van der Waals surface area contributed by atoms with Crippen molar-refractivity contribution in [2.24, 2.45) is 0 Å². The Kier molecular flexibility index (Phi) is 5.53. The van der Waals surface area contributed by atoms with Gasteiger partial charge < -0.3 is 10.6 Å². The van der Waals surface area contributed by atoms with E-state index in [2.05, 4.69) is 20.6 Å². The fourth-order valence-electron chi connectivity index (χ4n) is 1.81. The molecule has 0 bridgehead atoms. The minimum Gasteiger partial charge on any atom is -0.314 e. The molecule has 0 fully saturated rings. The molecule has 3 N–H and O–H groups in total. The number of nitrogens with zero attached hydrogens (tertiary/aromatic N) is 1. The summed E-state index contributed by atoms with van der Waals surface area (Å²) < 4.78 is 0. The van der Waals surface area contributed by atoms with Gasteiger partial charge in [0, 0.05) is 12.5 Å². The van der Waals surface area contributed by atoms with Gasteiger partial charge in [-0.2, -0.15) is 0 Å². The van der Waals surface area contributed by atoms with Crippen LogP contribution >= 0.6 is 11.8 Å². The van der Waals surface area contributed by atoms with Crippen molar-refractivity contribution in [3.8, 4) is 0 Å². The van der Waals surface area contributed by atoms with E-state index in [9.17, 15) is 14.4 Å². The number of anilines is 2. The molecule has 0 atom stereocenters. The Hall–Kier alpha value is -2.61. The number of benzene rings is 1. The smallest absolute Gasteiger partial charge is 0.277 e. The van der Waals surface area contributed by atoms with Crippen LogP contribution in [0.1, 0.15) is 24.2 Å². The van der Waals surface area contributed by atoms with Crippen molar-refractivity contribution in [2.75, 3.05) is 16.4 Å². The molecule has 0 unspecified atom stereocenters. The third-order valence-electron chi connectivity index (χ3n) is 2.75. The van der Waals surface area contributed by atoms with Crippen LogP contribution in [0.5, 0.6) is 0 Å². The van der Waals surface area contributed by atoms with Gasteiger partial charge in [-0.1, -0.05) is 36.9 Å². The largest absolute Gasteiger partial charge is 0.314 e. The van der Waals surface area contributed by atoms with Gasteiger partial charge in [-0.3, -0.25) is 19.4 Å². The third-order valence-corrected chi connectivity index (χ3v) is 3.50. The van der Waals surface area contributed by atoms with E-state index in [1.807, 2.05) is 6.92 Å². The summed E-state index contributed by atoms with van der Waals surface area (Å²) in [5, 5.41) is 5.35. The number of hydrogen-bond acceptors (Lipinski definition) is 5. The standard InChI is InChI=1S/C15H16N4O3S/c1-3-23-15-18-12(16-9(2)20)11(14(22)19-15)17-13(21)10-7-5-4-6-8-10/h4-8H,3H2,1-2H3,(H,17,21)(H2,16,18,19,20,22). The minimum atomic E-state index is -0.524. The van der Waals surface area contributed by atoms with Crippen LogP contribution in [0.2, 0.25) is 0 Å². The average Bonchev–Trinajstić information content (AvgIpc) is 2.51. The second kappa shape index (κ2) is 7.59. The number of carbonyl (C=O) groups is 2. The number of carbonyl (C=O) groups excluding carboxylic acids is 2. The third kappa shape index (κ3) is 4.43. The quantitative estimate of drug-likeness (QED) is 0.574. The Morgan fingerprint density at radius 3 is 2.52 bits per heavy atom. The summed E-state index contributed by atoms with van der Waals surface area (Å²) in [4.78, 5) is 42.5. The zero-order valence-electron chi connectivity index (χ0n) is 12.7. The summed E-state index contributed by atoms with van der Waals surface area (Å²) in [6.45, 7) is 3.21. The van der Waals surface area contributed by atoms with Gasteiger partial charge in [-0.15, -0.1) is 0 Å². The summed E-state index contributed by atoms with van der Waals surface area (Å²) in [6.07, 6.45) is 0. The van der Waals surface area contributed by atoms with Crippen LogP contribution in [0.25, 0.3) is 0 Å². The van der Waals surface area contributed by atoms with Crippen molar-refractivity contribution < 1.29 is 9.59 Å². The van der Waals surface area contributed by atoms with Gasteiger partial charge in [0.2, 0.25) is 5.91 Å². The molecule has 1 aromatic carbocycles. The Bertz CT molecular complexity index is 774. The predicted octanol–water partition coefficient (Wildman–Crippen LogP) is 2.09. The summed E-state index contributed by atoms with van der Waals surface area (Å²) in [5.74, 6) is -0.106. The molecular formula is C15H16N4O3S. The number of aromatic nitrogens is 2. The Labute approximate surface area is 136 Å². The number of rotatable bonds is 5. The van der Waals surface area contributed by atoms with Crippen LogP contribution in [0.15, 0.2) is 40.3 Å². The fraction of sp³-hybridized carbons (Fsp3) is 0.200. The van der Waals surface area contributed by atoms with Crippen molar-refractivity contribution in [1.82, 2.24) is 9.97 Å². The van der Waals surface area contributed by atoms with Crippen molar-refractivity contribution in [3.05, 3.63) is 46.2 Å². The lowest BCUT2D eigenvalue weighted by atomic mass is 10.2. The van der Waals surface area contributed by atoms with Crippen LogP contribution in [0, 0.1) is 0 Å². The molecule has 8 heteroatoms. The van der Waals surface area contributed by atoms with E-state index < -0.39 is 11.5 Å². The number of hydrogen-bond donors (Lipinski definition) is 3. The van der Waals surface area contributed by atoms with Gasteiger partial charge >= 0.3 is 0 Å². The minimum absolute atomic E-state index is 0.0291. The topological polar surface area (TPSA) is 104 Å². The van der Waals surface area contributed by atoms with Gasteiger partial charge in [0.1, 0.15) is 0 Å². The summed E-state index contributed by atoms with van der Waals surface area (Å²) in [7, 11) is 0. The highest BCUT2D eigenvalue weighted by Gasteiger charge is 2.16. The number of thioether (sulfide) groups is 1. The first-order valence-corrected chi connectivity index (χ1v) is 7.91. The van der Waals surface area contributed by atoms with Crippen molar-refractivity contribution in [3.63, 3.8) is 0 Å². The molecule has 0 aliphatic rings. The van der Waals surface area contributed by atoms with E-state index in [1.54, 1.807) is 30.3 Å². The van der Waals surface area contributed by atoms with E-state index in [1.165, 1.54) is 18.7 Å². The van der Waals surface area contributed by atoms with Crippen LogP contribution in [0.3, 0.4) is 0 Å². The van der Waals surface area contributed by atoms with Gasteiger partial charge in [-0.05, 0) is 17.9 Å². The van der Waals surface area contributed by atoms with E-state index in [4.69, 9.17) is 0 Å². The van der Waals surface area contributed by atoms with Crippen molar-refractivity contribution >= 4 is 35.1 Å². The maximum atomic E-state index is 12.2. The van der Waals surface area contributed by atoms with Gasteiger partial charge in [-0.25, -0.2) is 4.98 Å². The maximum Gasteiger partial charge on any atom is 0.277 e. The van der Waals surface area contributed by atoms with E-state index in [0.29, 0.717) is 16.5 Å². The van der Waals surface area contributed by atoms with E-state index in [0.717, 1.165) is 0 Å². The second-order valence-corrected chi connectivity index (χ2v) is 5.78. The number of H-pyrrole nitrogens is 1. The molecule has 1 aromatic heterocycles. The van der Waals surface area contributed by atoms with Crippen LogP contribution < -0.4 is 16.2 Å². The SMILES string of the molecule is CCSc1nc(NC(C)=O)c(NC(=O)c2ccccc2)c(=O)[nH]1. The Morgan fingerprint density at radius 2 is 1.91 bits per heavy atom. The Morgan fingerprint density at radius 1 is 1.22 bits per heavy atom. The Balaban J connectivity index is 2.38. The summed E-state index contributed by atoms with van der Waals surface area (Å²) in [6, 6.07) is 8.46. The molecule has 2 amide bonds. The molecule has 0 radical (unpaired) electrons. The number of nitrogens with one attached hydrogen (secondary N) is 3. The van der Waals surface area contributed by atoms with Gasteiger partial charge in [0.25, 0.3) is 11.5 Å².